The summed E-state index contributed by atoms with van der Waals surface area (Å²) in [5.74, 6) is 0.175. The molecule has 0 amide bonds. The van der Waals surface area contributed by atoms with Crippen LogP contribution in [-0.2, 0) is 13.0 Å². The zero-order valence-electron chi connectivity index (χ0n) is 7.53. The highest BCUT2D eigenvalue weighted by atomic mass is 16.3. The van der Waals surface area contributed by atoms with Gasteiger partial charge >= 0.3 is 0 Å². The molecular formula is C11H13NO. The Morgan fingerprint density at radius 3 is 2.69 bits per heavy atom. The van der Waals surface area contributed by atoms with E-state index in [9.17, 15) is 5.11 Å². The molecule has 0 bridgehead atoms. The van der Waals surface area contributed by atoms with E-state index in [1.165, 1.54) is 11.1 Å². The van der Waals surface area contributed by atoms with Gasteiger partial charge in [-0.05, 0) is 24.1 Å². The van der Waals surface area contributed by atoms with E-state index in [0.717, 1.165) is 19.5 Å². The van der Waals surface area contributed by atoms with E-state index >= 15 is 0 Å². The topological polar surface area (TPSA) is 23.5 Å². The van der Waals surface area contributed by atoms with Crippen molar-refractivity contribution in [1.29, 1.82) is 0 Å². The number of aliphatic hydroxyl groups excluding tert-OH is 1. The molecule has 2 heteroatoms. The van der Waals surface area contributed by atoms with Crippen LogP contribution < -0.4 is 0 Å². The quantitative estimate of drug-likeness (QED) is 0.660. The smallest absolute Gasteiger partial charge is 0.179 e. The lowest BCUT2D eigenvalue weighted by atomic mass is 10.0. The van der Waals surface area contributed by atoms with Crippen molar-refractivity contribution >= 4 is 0 Å². The Bertz CT molecular complexity index is 333. The summed E-state index contributed by atoms with van der Waals surface area (Å²) < 4.78 is 0. The fourth-order valence-electron chi connectivity index (χ4n) is 1.72. The standard InChI is InChI=1S/C11H13NO/c1-9(13)12-7-6-10-4-2-3-5-11(10)8-12/h2-5,13H,1,6-8H2. The van der Waals surface area contributed by atoms with Crippen LogP contribution in [0.25, 0.3) is 0 Å². The molecule has 1 aromatic rings. The fraction of sp³-hybridized carbons (Fsp3) is 0.273. The summed E-state index contributed by atoms with van der Waals surface area (Å²) in [6.07, 6.45) is 0.996. The van der Waals surface area contributed by atoms with Crippen molar-refractivity contribution in [2.75, 3.05) is 6.54 Å². The highest BCUT2D eigenvalue weighted by Crippen LogP contribution is 2.19. The Balaban J connectivity index is 2.24. The Morgan fingerprint density at radius 1 is 1.31 bits per heavy atom. The van der Waals surface area contributed by atoms with Crippen LogP contribution in [0, 0.1) is 0 Å². The Hall–Kier alpha value is -1.44. The van der Waals surface area contributed by atoms with Gasteiger partial charge in [0.05, 0.1) is 0 Å². The molecule has 0 aliphatic carbocycles. The molecule has 68 valence electrons. The minimum absolute atomic E-state index is 0.175. The van der Waals surface area contributed by atoms with Gasteiger partial charge in [0.25, 0.3) is 0 Å². The summed E-state index contributed by atoms with van der Waals surface area (Å²) in [6.45, 7) is 5.18. The number of hydrogen-bond donors (Lipinski definition) is 1. The van der Waals surface area contributed by atoms with Gasteiger partial charge in [-0.2, -0.15) is 0 Å². The normalized spacial score (nSPS) is 15.2. The molecule has 0 saturated carbocycles. The number of nitrogens with zero attached hydrogens (tertiary/aromatic N) is 1. The first-order valence-corrected chi connectivity index (χ1v) is 4.47. The second kappa shape index (κ2) is 3.13. The van der Waals surface area contributed by atoms with Crippen LogP contribution in [-0.4, -0.2) is 16.6 Å². The first-order valence-electron chi connectivity index (χ1n) is 4.47. The molecule has 1 aliphatic heterocycles. The molecule has 0 fully saturated rings. The monoisotopic (exact) mass is 175 g/mol. The van der Waals surface area contributed by atoms with Gasteiger partial charge in [0, 0.05) is 13.1 Å². The number of fused-ring (bicyclic) bond motifs is 1. The van der Waals surface area contributed by atoms with E-state index < -0.39 is 0 Å². The maximum Gasteiger partial charge on any atom is 0.179 e. The molecule has 0 aromatic heterocycles. The second-order valence-corrected chi connectivity index (χ2v) is 3.36. The maximum absolute atomic E-state index is 9.23. The molecule has 1 heterocycles. The number of benzene rings is 1. The second-order valence-electron chi connectivity index (χ2n) is 3.36. The molecule has 1 aliphatic rings. The molecule has 0 radical (unpaired) electrons. The summed E-state index contributed by atoms with van der Waals surface area (Å²) in [7, 11) is 0. The first kappa shape index (κ1) is 8.17. The SMILES string of the molecule is C=C(O)N1CCc2ccccc2C1. The van der Waals surface area contributed by atoms with Gasteiger partial charge in [0.15, 0.2) is 5.88 Å². The summed E-state index contributed by atoms with van der Waals surface area (Å²) in [4.78, 5) is 1.89. The van der Waals surface area contributed by atoms with Gasteiger partial charge in [-0.15, -0.1) is 0 Å². The zero-order valence-corrected chi connectivity index (χ0v) is 7.53. The molecule has 0 saturated heterocycles. The summed E-state index contributed by atoms with van der Waals surface area (Å²) in [6, 6.07) is 8.34. The van der Waals surface area contributed by atoms with Gasteiger partial charge in [0.2, 0.25) is 0 Å². The van der Waals surface area contributed by atoms with E-state index in [-0.39, 0.29) is 5.88 Å². The van der Waals surface area contributed by atoms with E-state index in [1.54, 1.807) is 0 Å². The highest BCUT2D eigenvalue weighted by molar-refractivity contribution is 5.29. The van der Waals surface area contributed by atoms with Crippen molar-refractivity contribution in [1.82, 2.24) is 4.90 Å². The van der Waals surface area contributed by atoms with Crippen molar-refractivity contribution in [3.05, 3.63) is 47.9 Å². The first-order chi connectivity index (χ1) is 6.27. The van der Waals surface area contributed by atoms with Crippen LogP contribution in [0.4, 0.5) is 0 Å². The number of rotatable bonds is 1. The molecule has 0 unspecified atom stereocenters. The summed E-state index contributed by atoms with van der Waals surface area (Å²) in [5.41, 5.74) is 2.68. The lowest BCUT2D eigenvalue weighted by molar-refractivity contribution is 0.190. The summed E-state index contributed by atoms with van der Waals surface area (Å²) in [5, 5.41) is 9.23. The largest absolute Gasteiger partial charge is 0.495 e. The fourth-order valence-corrected chi connectivity index (χ4v) is 1.72. The lowest BCUT2D eigenvalue weighted by Gasteiger charge is -2.28. The van der Waals surface area contributed by atoms with Crippen LogP contribution in [0.15, 0.2) is 36.7 Å². The van der Waals surface area contributed by atoms with E-state index in [2.05, 4.69) is 24.8 Å². The van der Waals surface area contributed by atoms with Crippen LogP contribution in [0.2, 0.25) is 0 Å². The molecule has 2 rings (SSSR count). The molecule has 13 heavy (non-hydrogen) atoms. The highest BCUT2D eigenvalue weighted by Gasteiger charge is 2.15. The molecule has 0 spiro atoms. The summed E-state index contributed by atoms with van der Waals surface area (Å²) >= 11 is 0. The average molecular weight is 175 g/mol. The average Bonchev–Trinajstić information content (AvgIpc) is 2.17. The van der Waals surface area contributed by atoms with Crippen molar-refractivity contribution in [3.63, 3.8) is 0 Å². The third kappa shape index (κ3) is 1.52. The van der Waals surface area contributed by atoms with Gasteiger partial charge < -0.3 is 10.0 Å². The van der Waals surface area contributed by atoms with E-state index in [1.807, 2.05) is 11.0 Å². The van der Waals surface area contributed by atoms with Gasteiger partial charge in [-0.3, -0.25) is 0 Å². The maximum atomic E-state index is 9.23. The van der Waals surface area contributed by atoms with Crippen molar-refractivity contribution in [2.45, 2.75) is 13.0 Å². The Labute approximate surface area is 78.1 Å². The van der Waals surface area contributed by atoms with Crippen LogP contribution in [0.3, 0.4) is 0 Å². The minimum Gasteiger partial charge on any atom is -0.495 e. The van der Waals surface area contributed by atoms with Gasteiger partial charge in [-0.1, -0.05) is 24.3 Å². The number of aliphatic hydroxyl groups is 1. The van der Waals surface area contributed by atoms with Gasteiger partial charge in [0.1, 0.15) is 0 Å². The molecule has 1 aromatic carbocycles. The van der Waals surface area contributed by atoms with Gasteiger partial charge in [-0.25, -0.2) is 0 Å². The van der Waals surface area contributed by atoms with Crippen molar-refractivity contribution < 1.29 is 5.11 Å². The van der Waals surface area contributed by atoms with E-state index in [4.69, 9.17) is 0 Å². The van der Waals surface area contributed by atoms with Crippen molar-refractivity contribution in [3.8, 4) is 0 Å². The minimum atomic E-state index is 0.175. The third-order valence-corrected chi connectivity index (χ3v) is 2.50. The Kier molecular flexibility index (Phi) is 1.97. The molecule has 2 nitrogen and oxygen atoms in total. The van der Waals surface area contributed by atoms with Crippen LogP contribution in [0.5, 0.6) is 0 Å². The van der Waals surface area contributed by atoms with Crippen molar-refractivity contribution in [2.24, 2.45) is 0 Å². The number of hydrogen-bond acceptors (Lipinski definition) is 2. The lowest BCUT2D eigenvalue weighted by Crippen LogP contribution is -2.29. The predicted molar refractivity (Wildman–Crippen MR) is 52.3 cm³/mol. The molecule has 0 atom stereocenters. The zero-order chi connectivity index (χ0) is 9.26. The molecular weight excluding hydrogens is 162 g/mol. The van der Waals surface area contributed by atoms with Crippen LogP contribution in [0.1, 0.15) is 11.1 Å². The third-order valence-electron chi connectivity index (χ3n) is 2.50. The van der Waals surface area contributed by atoms with Crippen LogP contribution >= 0.6 is 0 Å². The Morgan fingerprint density at radius 2 is 2.00 bits per heavy atom. The molecule has 1 N–H and O–H groups in total. The van der Waals surface area contributed by atoms with E-state index in [0.29, 0.717) is 0 Å². The predicted octanol–water partition coefficient (Wildman–Crippen LogP) is 2.07.